The summed E-state index contributed by atoms with van der Waals surface area (Å²) in [6, 6.07) is 9.67. The van der Waals surface area contributed by atoms with Gasteiger partial charge in [-0.05, 0) is 74.5 Å². The lowest BCUT2D eigenvalue weighted by atomic mass is 9.86. The summed E-state index contributed by atoms with van der Waals surface area (Å²) in [7, 11) is 0. The van der Waals surface area contributed by atoms with Gasteiger partial charge in [-0.25, -0.2) is 0 Å². The topological polar surface area (TPSA) is 6.48 Å². The van der Waals surface area contributed by atoms with Crippen molar-refractivity contribution in [2.75, 3.05) is 32.7 Å². The van der Waals surface area contributed by atoms with Crippen molar-refractivity contribution in [3.05, 3.63) is 35.4 Å². The fourth-order valence-electron chi connectivity index (χ4n) is 5.68. The first-order valence-electron chi connectivity index (χ1n) is 10.5. The van der Waals surface area contributed by atoms with Gasteiger partial charge in [0.25, 0.3) is 0 Å². The van der Waals surface area contributed by atoms with E-state index in [-0.39, 0.29) is 0 Å². The lowest BCUT2D eigenvalue weighted by Gasteiger charge is -2.22. The third kappa shape index (κ3) is 4.51. The Balaban J connectivity index is 1.33. The average Bonchev–Trinajstić information content (AvgIpc) is 3.28. The molecule has 3 fully saturated rings. The van der Waals surface area contributed by atoms with Crippen LogP contribution in [0.15, 0.2) is 24.3 Å². The van der Waals surface area contributed by atoms with Gasteiger partial charge in [-0.3, -0.25) is 4.90 Å². The maximum Gasteiger partial charge on any atom is 0.401 e. The second kappa shape index (κ2) is 7.75. The summed E-state index contributed by atoms with van der Waals surface area (Å²) in [4.78, 5) is 4.19. The highest BCUT2D eigenvalue weighted by molar-refractivity contribution is 5.28. The molecule has 3 aliphatic rings. The van der Waals surface area contributed by atoms with Gasteiger partial charge in [-0.2, -0.15) is 13.2 Å². The van der Waals surface area contributed by atoms with E-state index in [9.17, 15) is 13.2 Å². The minimum Gasteiger partial charge on any atom is -0.300 e. The fourth-order valence-corrected chi connectivity index (χ4v) is 5.68. The predicted molar refractivity (Wildman–Crippen MR) is 102 cm³/mol. The number of alkyl halides is 3. The number of likely N-dealkylation sites (tertiary alicyclic amines) is 2. The lowest BCUT2D eigenvalue weighted by Crippen LogP contribution is -2.33. The first kappa shape index (κ1) is 19.3. The molecule has 0 spiro atoms. The van der Waals surface area contributed by atoms with Crippen molar-refractivity contribution >= 4 is 0 Å². The molecule has 150 valence electrons. The van der Waals surface area contributed by atoms with E-state index in [1.165, 1.54) is 30.5 Å². The number of benzene rings is 1. The lowest BCUT2D eigenvalue weighted by molar-refractivity contribution is -0.144. The van der Waals surface area contributed by atoms with E-state index in [0.717, 1.165) is 25.8 Å². The van der Waals surface area contributed by atoms with Gasteiger partial charge in [-0.15, -0.1) is 0 Å². The number of fused-ring (bicyclic) bond motifs is 1. The van der Waals surface area contributed by atoms with E-state index in [2.05, 4.69) is 36.1 Å². The van der Waals surface area contributed by atoms with Gasteiger partial charge in [0.15, 0.2) is 0 Å². The van der Waals surface area contributed by atoms with Crippen LogP contribution in [0.25, 0.3) is 0 Å². The molecule has 27 heavy (non-hydrogen) atoms. The third-order valence-electron chi connectivity index (χ3n) is 7.12. The molecule has 2 nitrogen and oxygen atoms in total. The molecule has 0 bridgehead atoms. The molecule has 2 saturated heterocycles. The molecule has 0 N–H and O–H groups in total. The van der Waals surface area contributed by atoms with Crippen LogP contribution in [-0.4, -0.2) is 54.7 Å². The van der Waals surface area contributed by atoms with Crippen molar-refractivity contribution in [1.82, 2.24) is 9.80 Å². The second-order valence-electron chi connectivity index (χ2n) is 8.94. The van der Waals surface area contributed by atoms with Gasteiger partial charge >= 0.3 is 6.18 Å². The van der Waals surface area contributed by atoms with Crippen molar-refractivity contribution in [2.45, 2.75) is 57.2 Å². The molecule has 2 aliphatic heterocycles. The number of nitrogens with zero attached hydrogens (tertiary/aromatic N) is 2. The molecule has 1 aromatic rings. The fraction of sp³-hybridized carbons (Fsp3) is 0.727. The maximum atomic E-state index is 12.7. The van der Waals surface area contributed by atoms with Gasteiger partial charge in [-0.1, -0.05) is 24.3 Å². The number of hydrogen-bond donors (Lipinski definition) is 0. The van der Waals surface area contributed by atoms with Gasteiger partial charge in [0.1, 0.15) is 0 Å². The van der Waals surface area contributed by atoms with Gasteiger partial charge in [0, 0.05) is 25.7 Å². The first-order chi connectivity index (χ1) is 12.9. The molecule has 4 atom stereocenters. The molecule has 2 heterocycles. The molecule has 1 aromatic carbocycles. The van der Waals surface area contributed by atoms with Crippen molar-refractivity contribution < 1.29 is 13.2 Å². The normalized spacial score (nSPS) is 32.3. The molecule has 1 aliphatic carbocycles. The number of hydrogen-bond acceptors (Lipinski definition) is 2. The van der Waals surface area contributed by atoms with E-state index in [1.54, 1.807) is 4.90 Å². The van der Waals surface area contributed by atoms with Crippen molar-refractivity contribution in [2.24, 2.45) is 11.8 Å². The molecule has 0 unspecified atom stereocenters. The molecular formula is C22H31F3N2. The Hall–Kier alpha value is -1.07. The summed E-state index contributed by atoms with van der Waals surface area (Å²) in [5.41, 5.74) is 2.70. The minimum absolute atomic E-state index is 0.392. The highest BCUT2D eigenvalue weighted by Gasteiger charge is 2.45. The molecule has 0 aromatic heterocycles. The number of rotatable bonds is 5. The van der Waals surface area contributed by atoms with Gasteiger partial charge < -0.3 is 4.90 Å². The minimum atomic E-state index is -4.08. The summed E-state index contributed by atoms with van der Waals surface area (Å²) < 4.78 is 38.1. The summed E-state index contributed by atoms with van der Waals surface area (Å²) in [5.74, 6) is 1.26. The quantitative estimate of drug-likeness (QED) is 0.730. The van der Waals surface area contributed by atoms with E-state index >= 15 is 0 Å². The highest BCUT2D eigenvalue weighted by Crippen LogP contribution is 2.47. The van der Waals surface area contributed by atoms with Crippen LogP contribution in [0.2, 0.25) is 0 Å². The molecule has 5 heteroatoms. The van der Waals surface area contributed by atoms with Crippen molar-refractivity contribution in [1.29, 1.82) is 0 Å². The standard InChI is InChI=1S/C22H31F3N2/c1-16-3-2-11-27(16)12-10-17-4-6-18(7-5-17)20-9-8-19-13-26(14-21(19)20)15-22(23,24)25/h4-7,16,19-21H,2-3,8-15H2,1H3/t16-,19-,20+,21+/m1/s1. The van der Waals surface area contributed by atoms with Crippen LogP contribution < -0.4 is 0 Å². The van der Waals surface area contributed by atoms with E-state index in [0.29, 0.717) is 36.9 Å². The largest absolute Gasteiger partial charge is 0.401 e. The van der Waals surface area contributed by atoms with Crippen LogP contribution in [0.1, 0.15) is 49.7 Å². The third-order valence-corrected chi connectivity index (χ3v) is 7.12. The van der Waals surface area contributed by atoms with Crippen LogP contribution in [0.3, 0.4) is 0 Å². The van der Waals surface area contributed by atoms with E-state index in [1.807, 2.05) is 0 Å². The second-order valence-corrected chi connectivity index (χ2v) is 8.94. The van der Waals surface area contributed by atoms with E-state index in [4.69, 9.17) is 0 Å². The monoisotopic (exact) mass is 380 g/mol. The Kier molecular flexibility index (Phi) is 5.52. The van der Waals surface area contributed by atoms with Gasteiger partial charge in [0.2, 0.25) is 0 Å². The van der Waals surface area contributed by atoms with Crippen LogP contribution >= 0.6 is 0 Å². The first-order valence-corrected chi connectivity index (χ1v) is 10.5. The molecular weight excluding hydrogens is 349 g/mol. The summed E-state index contributed by atoms with van der Waals surface area (Å²) in [6.45, 7) is 5.13. The van der Waals surface area contributed by atoms with Crippen LogP contribution in [0.5, 0.6) is 0 Å². The Morgan fingerprint density at radius 2 is 1.81 bits per heavy atom. The van der Waals surface area contributed by atoms with Crippen LogP contribution in [0, 0.1) is 11.8 Å². The zero-order valence-electron chi connectivity index (χ0n) is 16.2. The van der Waals surface area contributed by atoms with Crippen LogP contribution in [0.4, 0.5) is 13.2 Å². The van der Waals surface area contributed by atoms with Crippen LogP contribution in [-0.2, 0) is 6.42 Å². The SMILES string of the molecule is C[C@@H]1CCCN1CCc1ccc([C@@H]2CC[C@@H]3CN(CC(F)(F)F)C[C@@H]32)cc1. The van der Waals surface area contributed by atoms with E-state index < -0.39 is 12.7 Å². The number of halogens is 3. The zero-order valence-corrected chi connectivity index (χ0v) is 16.2. The smallest absolute Gasteiger partial charge is 0.300 e. The summed E-state index contributed by atoms with van der Waals surface area (Å²) >= 11 is 0. The van der Waals surface area contributed by atoms with Crippen molar-refractivity contribution in [3.63, 3.8) is 0 Å². The van der Waals surface area contributed by atoms with Crippen molar-refractivity contribution in [3.8, 4) is 0 Å². The molecule has 1 saturated carbocycles. The summed E-state index contributed by atoms with van der Waals surface area (Å²) in [6.07, 6.45) is 1.83. The Bertz CT molecular complexity index is 627. The molecule has 0 radical (unpaired) electrons. The highest BCUT2D eigenvalue weighted by atomic mass is 19.4. The maximum absolute atomic E-state index is 12.7. The average molecular weight is 380 g/mol. The Morgan fingerprint density at radius 1 is 1.04 bits per heavy atom. The Labute approximate surface area is 160 Å². The zero-order chi connectivity index (χ0) is 19.0. The summed E-state index contributed by atoms with van der Waals surface area (Å²) in [5, 5.41) is 0. The molecule has 4 rings (SSSR count). The van der Waals surface area contributed by atoms with Gasteiger partial charge in [0.05, 0.1) is 6.54 Å². The predicted octanol–water partition coefficient (Wildman–Crippen LogP) is 4.70. The Morgan fingerprint density at radius 3 is 2.48 bits per heavy atom. The molecule has 0 amide bonds.